The summed E-state index contributed by atoms with van der Waals surface area (Å²) >= 11 is 1.93. The van der Waals surface area contributed by atoms with Gasteiger partial charge in [-0.2, -0.15) is 0 Å². The van der Waals surface area contributed by atoms with Crippen LogP contribution in [0.3, 0.4) is 0 Å². The number of thioether (sulfide) groups is 1. The fraction of sp³-hybridized carbons (Fsp3) is 0.938. The van der Waals surface area contributed by atoms with E-state index in [0.29, 0.717) is 11.0 Å². The molecule has 1 aliphatic carbocycles. The molecule has 20 heavy (non-hydrogen) atoms. The monoisotopic (exact) mass is 297 g/mol. The Kier molecular flexibility index (Phi) is 5.41. The lowest BCUT2D eigenvalue weighted by Gasteiger charge is -2.38. The van der Waals surface area contributed by atoms with E-state index in [2.05, 4.69) is 38.2 Å². The van der Waals surface area contributed by atoms with Gasteiger partial charge in [0.1, 0.15) is 0 Å². The van der Waals surface area contributed by atoms with Gasteiger partial charge in [0, 0.05) is 24.4 Å². The highest BCUT2D eigenvalue weighted by molar-refractivity contribution is 8.13. The summed E-state index contributed by atoms with van der Waals surface area (Å²) in [5.41, 5.74) is 0.801. The third kappa shape index (κ3) is 3.33. The van der Waals surface area contributed by atoms with Crippen LogP contribution in [0.4, 0.5) is 0 Å². The zero-order valence-corrected chi connectivity index (χ0v) is 14.5. The molecular weight excluding hydrogens is 266 g/mol. The number of nitrogens with zero attached hydrogens (tertiary/aromatic N) is 2. The molecule has 0 unspecified atom stereocenters. The highest BCUT2D eigenvalue weighted by Crippen LogP contribution is 2.36. The Hall–Kier alpha value is -0.220. The van der Waals surface area contributed by atoms with Gasteiger partial charge in [-0.05, 0) is 45.2 Å². The molecule has 0 aromatic heterocycles. The molecule has 0 aromatic carbocycles. The standard InChI is InChI=1S/C16H31N3S/c1-5-15(6-2)11-17-14(20-13-15)18-12-16(19(3)4)9-7-8-10-16/h5-13H2,1-4H3,(H,17,18). The number of amidine groups is 1. The minimum absolute atomic E-state index is 0.354. The van der Waals surface area contributed by atoms with Gasteiger partial charge in [0.25, 0.3) is 0 Å². The summed E-state index contributed by atoms with van der Waals surface area (Å²) in [7, 11) is 4.45. The summed E-state index contributed by atoms with van der Waals surface area (Å²) in [6, 6.07) is 0. The first-order chi connectivity index (χ1) is 9.56. The summed E-state index contributed by atoms with van der Waals surface area (Å²) in [4.78, 5) is 7.25. The lowest BCUT2D eigenvalue weighted by molar-refractivity contribution is 0.161. The zero-order chi connectivity index (χ0) is 14.6. The summed E-state index contributed by atoms with van der Waals surface area (Å²) in [6.45, 7) is 6.66. The molecule has 2 aliphatic rings. The molecular formula is C16H31N3S. The lowest BCUT2D eigenvalue weighted by atomic mass is 9.84. The van der Waals surface area contributed by atoms with E-state index >= 15 is 0 Å². The number of hydrogen-bond acceptors (Lipinski definition) is 4. The highest BCUT2D eigenvalue weighted by Gasteiger charge is 2.36. The van der Waals surface area contributed by atoms with Gasteiger partial charge >= 0.3 is 0 Å². The van der Waals surface area contributed by atoms with Crippen molar-refractivity contribution in [2.24, 2.45) is 10.4 Å². The predicted octanol–water partition coefficient (Wildman–Crippen LogP) is 3.36. The lowest BCUT2D eigenvalue weighted by Crippen LogP contribution is -2.51. The molecule has 1 heterocycles. The van der Waals surface area contributed by atoms with Crippen LogP contribution in [-0.2, 0) is 0 Å². The maximum atomic E-state index is 4.83. The van der Waals surface area contributed by atoms with Crippen molar-refractivity contribution < 1.29 is 0 Å². The molecule has 0 bridgehead atoms. The van der Waals surface area contributed by atoms with Gasteiger partial charge < -0.3 is 10.2 Å². The summed E-state index contributed by atoms with van der Waals surface area (Å²) in [5.74, 6) is 1.22. The SMILES string of the molecule is CCC1(CC)CN=C(NCC2(N(C)C)CCCC2)SC1. The van der Waals surface area contributed by atoms with Crippen molar-refractivity contribution in [1.29, 1.82) is 0 Å². The first-order valence-corrected chi connectivity index (χ1v) is 9.13. The van der Waals surface area contributed by atoms with E-state index in [1.54, 1.807) is 0 Å². The molecule has 0 aromatic rings. The van der Waals surface area contributed by atoms with E-state index in [9.17, 15) is 0 Å². The van der Waals surface area contributed by atoms with Crippen LogP contribution in [0.2, 0.25) is 0 Å². The minimum Gasteiger partial charge on any atom is -0.363 e. The van der Waals surface area contributed by atoms with Crippen molar-refractivity contribution >= 4 is 16.9 Å². The second-order valence-electron chi connectivity index (χ2n) is 6.80. The van der Waals surface area contributed by atoms with Gasteiger partial charge in [0.15, 0.2) is 5.17 Å². The maximum Gasteiger partial charge on any atom is 0.156 e. The molecule has 1 fully saturated rings. The second kappa shape index (κ2) is 6.69. The Bertz CT molecular complexity index is 342. The van der Waals surface area contributed by atoms with Crippen LogP contribution in [0.1, 0.15) is 52.4 Å². The number of aliphatic imine (C=N–C) groups is 1. The van der Waals surface area contributed by atoms with E-state index in [4.69, 9.17) is 4.99 Å². The maximum absolute atomic E-state index is 4.83. The normalized spacial score (nSPS) is 24.8. The molecule has 0 atom stereocenters. The van der Waals surface area contributed by atoms with Crippen molar-refractivity contribution in [2.75, 3.05) is 32.9 Å². The fourth-order valence-electron chi connectivity index (χ4n) is 3.39. The van der Waals surface area contributed by atoms with Crippen LogP contribution in [0.5, 0.6) is 0 Å². The smallest absolute Gasteiger partial charge is 0.156 e. The quantitative estimate of drug-likeness (QED) is 0.843. The van der Waals surface area contributed by atoms with Crippen molar-refractivity contribution in [3.63, 3.8) is 0 Å². The molecule has 1 aliphatic heterocycles. The van der Waals surface area contributed by atoms with Crippen LogP contribution in [0, 0.1) is 5.41 Å². The van der Waals surface area contributed by atoms with Gasteiger partial charge in [-0.1, -0.05) is 38.5 Å². The van der Waals surface area contributed by atoms with Gasteiger partial charge in [-0.25, -0.2) is 0 Å². The van der Waals surface area contributed by atoms with E-state index in [-0.39, 0.29) is 0 Å². The van der Waals surface area contributed by atoms with Crippen LogP contribution in [0.25, 0.3) is 0 Å². The van der Waals surface area contributed by atoms with E-state index in [1.807, 2.05) is 11.8 Å². The third-order valence-electron chi connectivity index (χ3n) is 5.62. The average molecular weight is 298 g/mol. The molecule has 0 saturated heterocycles. The van der Waals surface area contributed by atoms with E-state index < -0.39 is 0 Å². The Balaban J connectivity index is 1.90. The largest absolute Gasteiger partial charge is 0.363 e. The van der Waals surface area contributed by atoms with Crippen molar-refractivity contribution in [1.82, 2.24) is 10.2 Å². The molecule has 1 N–H and O–H groups in total. The topological polar surface area (TPSA) is 27.6 Å². The molecule has 2 rings (SSSR count). The fourth-order valence-corrected chi connectivity index (χ4v) is 4.66. The Morgan fingerprint density at radius 2 is 1.85 bits per heavy atom. The predicted molar refractivity (Wildman–Crippen MR) is 90.7 cm³/mol. The van der Waals surface area contributed by atoms with Crippen molar-refractivity contribution in [3.05, 3.63) is 0 Å². The summed E-state index contributed by atoms with van der Waals surface area (Å²) in [6.07, 6.45) is 7.87. The minimum atomic E-state index is 0.354. The Labute approximate surface area is 129 Å². The van der Waals surface area contributed by atoms with Crippen molar-refractivity contribution in [2.45, 2.75) is 57.9 Å². The van der Waals surface area contributed by atoms with Crippen LogP contribution >= 0.6 is 11.8 Å². The number of nitrogens with one attached hydrogen (secondary N) is 1. The number of hydrogen-bond donors (Lipinski definition) is 1. The molecule has 0 radical (unpaired) electrons. The van der Waals surface area contributed by atoms with Gasteiger partial charge in [-0.3, -0.25) is 4.99 Å². The Morgan fingerprint density at radius 3 is 2.30 bits per heavy atom. The molecule has 1 saturated carbocycles. The summed E-state index contributed by atoms with van der Waals surface area (Å²) < 4.78 is 0. The van der Waals surface area contributed by atoms with Crippen molar-refractivity contribution in [3.8, 4) is 0 Å². The first kappa shape index (κ1) is 16.2. The molecule has 116 valence electrons. The van der Waals surface area contributed by atoms with E-state index in [0.717, 1.165) is 13.1 Å². The van der Waals surface area contributed by atoms with Gasteiger partial charge in [-0.15, -0.1) is 0 Å². The number of rotatable bonds is 5. The van der Waals surface area contributed by atoms with Crippen LogP contribution in [0.15, 0.2) is 4.99 Å². The third-order valence-corrected chi connectivity index (χ3v) is 6.93. The van der Waals surface area contributed by atoms with Crippen LogP contribution in [-0.4, -0.2) is 48.5 Å². The average Bonchev–Trinajstić information content (AvgIpc) is 2.96. The number of likely N-dealkylation sites (N-methyl/N-ethyl adjacent to an activating group) is 1. The van der Waals surface area contributed by atoms with E-state index in [1.165, 1.54) is 49.4 Å². The first-order valence-electron chi connectivity index (χ1n) is 8.14. The molecule has 4 heteroatoms. The second-order valence-corrected chi connectivity index (χ2v) is 7.76. The van der Waals surface area contributed by atoms with Gasteiger partial charge in [0.2, 0.25) is 0 Å². The zero-order valence-electron chi connectivity index (χ0n) is 13.7. The highest BCUT2D eigenvalue weighted by atomic mass is 32.2. The summed E-state index contributed by atoms with van der Waals surface area (Å²) in [5, 5.41) is 4.82. The molecule has 0 amide bonds. The molecule has 3 nitrogen and oxygen atoms in total. The van der Waals surface area contributed by atoms with Crippen LogP contribution < -0.4 is 5.32 Å². The Morgan fingerprint density at radius 1 is 1.20 bits per heavy atom. The van der Waals surface area contributed by atoms with Gasteiger partial charge in [0.05, 0.1) is 0 Å². The molecule has 0 spiro atoms.